The van der Waals surface area contributed by atoms with E-state index >= 15 is 0 Å². The van der Waals surface area contributed by atoms with Crippen LogP contribution < -0.4 is 5.32 Å². The Morgan fingerprint density at radius 2 is 2.29 bits per heavy atom. The van der Waals surface area contributed by atoms with E-state index in [4.69, 9.17) is 0 Å². The first-order chi connectivity index (χ1) is 8.17. The van der Waals surface area contributed by atoms with Gasteiger partial charge in [0.1, 0.15) is 18.7 Å². The number of aliphatic hydroxyl groups excluding tert-OH is 1. The molecule has 0 aromatic carbocycles. The van der Waals surface area contributed by atoms with Crippen LogP contribution in [0.4, 0.5) is 0 Å². The summed E-state index contributed by atoms with van der Waals surface area (Å²) in [5, 5.41) is 16.3. The lowest BCUT2D eigenvalue weighted by atomic mass is 9.98. The maximum Gasteiger partial charge on any atom is 0.245 e. The van der Waals surface area contributed by atoms with Crippen LogP contribution in [-0.4, -0.2) is 37.9 Å². The monoisotopic (exact) mass is 238 g/mol. The fourth-order valence-electron chi connectivity index (χ4n) is 2.28. The molecule has 0 spiro atoms. The highest BCUT2D eigenvalue weighted by atomic mass is 16.3. The van der Waals surface area contributed by atoms with Crippen LogP contribution in [0.15, 0.2) is 12.7 Å². The van der Waals surface area contributed by atoms with Crippen molar-refractivity contribution in [1.82, 2.24) is 20.1 Å². The van der Waals surface area contributed by atoms with Gasteiger partial charge in [-0.3, -0.25) is 4.79 Å². The van der Waals surface area contributed by atoms with Crippen molar-refractivity contribution in [1.29, 1.82) is 0 Å². The zero-order valence-corrected chi connectivity index (χ0v) is 9.96. The Balaban J connectivity index is 2.01. The number of nitrogens with one attached hydrogen (secondary N) is 1. The van der Waals surface area contributed by atoms with Crippen LogP contribution in [0.25, 0.3) is 0 Å². The first kappa shape index (κ1) is 12.0. The van der Waals surface area contributed by atoms with E-state index in [1.807, 2.05) is 0 Å². The van der Waals surface area contributed by atoms with Gasteiger partial charge in [-0.1, -0.05) is 12.8 Å². The molecule has 2 N–H and O–H groups in total. The number of rotatable bonds is 4. The van der Waals surface area contributed by atoms with Crippen molar-refractivity contribution in [3.63, 3.8) is 0 Å². The fraction of sp³-hybridized carbons (Fsp3) is 0.727. The number of nitrogens with zero attached hydrogens (tertiary/aromatic N) is 3. The number of aliphatic hydroxyl groups is 1. The summed E-state index contributed by atoms with van der Waals surface area (Å²) in [6, 6.07) is -0.401. The Morgan fingerprint density at radius 1 is 1.59 bits per heavy atom. The number of carbonyl (C=O) groups is 1. The maximum atomic E-state index is 12.1. The third-order valence-corrected chi connectivity index (χ3v) is 3.46. The van der Waals surface area contributed by atoms with Gasteiger partial charge in [-0.25, -0.2) is 9.67 Å². The Hall–Kier alpha value is -1.43. The normalized spacial score (nSPS) is 20.1. The molecule has 1 aromatic rings. The van der Waals surface area contributed by atoms with E-state index in [0.717, 1.165) is 25.7 Å². The minimum Gasteiger partial charge on any atom is -0.394 e. The predicted octanol–water partition coefficient (Wildman–Crippen LogP) is 0.260. The molecule has 6 heteroatoms. The number of amides is 1. The molecule has 17 heavy (non-hydrogen) atoms. The van der Waals surface area contributed by atoms with E-state index in [0.29, 0.717) is 0 Å². The quantitative estimate of drug-likeness (QED) is 0.788. The van der Waals surface area contributed by atoms with Gasteiger partial charge in [-0.15, -0.1) is 0 Å². The van der Waals surface area contributed by atoms with Gasteiger partial charge in [-0.2, -0.15) is 5.10 Å². The molecule has 1 fully saturated rings. The Labute approximate surface area is 100 Å². The molecule has 0 saturated heterocycles. The highest BCUT2D eigenvalue weighted by Crippen LogP contribution is 2.29. The van der Waals surface area contributed by atoms with Crippen molar-refractivity contribution in [3.8, 4) is 0 Å². The molecule has 1 amide bonds. The predicted molar refractivity (Wildman–Crippen MR) is 61.2 cm³/mol. The van der Waals surface area contributed by atoms with Crippen molar-refractivity contribution >= 4 is 5.91 Å². The molecular formula is C11H18N4O2. The van der Waals surface area contributed by atoms with Crippen molar-refractivity contribution in [2.24, 2.45) is 0 Å². The molecule has 1 saturated carbocycles. The lowest BCUT2D eigenvalue weighted by Gasteiger charge is -2.29. The standard InChI is InChI=1S/C11H18N4O2/c1-9(15-8-12-7-13-15)10(17)14-11(6-16)4-2-3-5-11/h7-9,16H,2-6H2,1H3,(H,14,17). The minimum absolute atomic E-state index is 0.00279. The zero-order valence-electron chi connectivity index (χ0n) is 9.96. The van der Waals surface area contributed by atoms with Crippen LogP contribution in [0.1, 0.15) is 38.6 Å². The van der Waals surface area contributed by atoms with E-state index in [9.17, 15) is 9.90 Å². The van der Waals surface area contributed by atoms with Crippen LogP contribution >= 0.6 is 0 Å². The number of carbonyl (C=O) groups excluding carboxylic acids is 1. The first-order valence-electron chi connectivity index (χ1n) is 5.94. The van der Waals surface area contributed by atoms with E-state index in [-0.39, 0.29) is 12.5 Å². The van der Waals surface area contributed by atoms with Crippen LogP contribution in [0.5, 0.6) is 0 Å². The molecule has 1 heterocycles. The van der Waals surface area contributed by atoms with Gasteiger partial charge in [0, 0.05) is 0 Å². The summed E-state index contributed by atoms with van der Waals surface area (Å²) < 4.78 is 1.51. The highest BCUT2D eigenvalue weighted by molar-refractivity contribution is 5.80. The van der Waals surface area contributed by atoms with Gasteiger partial charge in [0.25, 0.3) is 0 Å². The summed E-state index contributed by atoms with van der Waals surface area (Å²) in [5.41, 5.74) is -0.425. The molecule has 94 valence electrons. The zero-order chi connectivity index (χ0) is 12.3. The van der Waals surface area contributed by atoms with E-state index in [2.05, 4.69) is 15.4 Å². The van der Waals surface area contributed by atoms with Crippen LogP contribution in [0.3, 0.4) is 0 Å². The van der Waals surface area contributed by atoms with Crippen molar-refractivity contribution < 1.29 is 9.90 Å². The SMILES string of the molecule is CC(C(=O)NC1(CO)CCCC1)n1cncn1. The van der Waals surface area contributed by atoms with Crippen molar-refractivity contribution in [2.45, 2.75) is 44.2 Å². The molecule has 1 aliphatic carbocycles. The second-order valence-electron chi connectivity index (χ2n) is 4.69. The Bertz CT molecular complexity index is 371. The molecule has 1 unspecified atom stereocenters. The highest BCUT2D eigenvalue weighted by Gasteiger charge is 2.35. The van der Waals surface area contributed by atoms with E-state index in [1.54, 1.807) is 6.92 Å². The van der Waals surface area contributed by atoms with Crippen LogP contribution in [0, 0.1) is 0 Å². The van der Waals surface area contributed by atoms with Gasteiger partial charge >= 0.3 is 0 Å². The van der Waals surface area contributed by atoms with Crippen molar-refractivity contribution in [2.75, 3.05) is 6.61 Å². The molecular weight excluding hydrogens is 220 g/mol. The van der Waals surface area contributed by atoms with Crippen LogP contribution in [0.2, 0.25) is 0 Å². The molecule has 1 aliphatic rings. The summed E-state index contributed by atoms with van der Waals surface area (Å²) >= 11 is 0. The summed E-state index contributed by atoms with van der Waals surface area (Å²) in [5.74, 6) is -0.119. The second-order valence-corrected chi connectivity index (χ2v) is 4.69. The number of hydrogen-bond acceptors (Lipinski definition) is 4. The molecule has 0 aliphatic heterocycles. The van der Waals surface area contributed by atoms with Gasteiger partial charge in [0.05, 0.1) is 12.1 Å². The summed E-state index contributed by atoms with van der Waals surface area (Å²) in [6.45, 7) is 1.77. The average Bonchev–Trinajstić information content (AvgIpc) is 2.99. The number of hydrogen-bond donors (Lipinski definition) is 2. The molecule has 6 nitrogen and oxygen atoms in total. The van der Waals surface area contributed by atoms with Gasteiger partial charge < -0.3 is 10.4 Å². The van der Waals surface area contributed by atoms with E-state index < -0.39 is 11.6 Å². The molecule has 1 aromatic heterocycles. The number of aromatic nitrogens is 3. The Kier molecular flexibility index (Phi) is 3.42. The average molecular weight is 238 g/mol. The van der Waals surface area contributed by atoms with Gasteiger partial charge in [-0.05, 0) is 19.8 Å². The summed E-state index contributed by atoms with van der Waals surface area (Å²) in [7, 11) is 0. The topological polar surface area (TPSA) is 80.0 Å². The maximum absolute atomic E-state index is 12.1. The lowest BCUT2D eigenvalue weighted by Crippen LogP contribution is -2.51. The van der Waals surface area contributed by atoms with Gasteiger partial charge in [0.15, 0.2) is 0 Å². The smallest absolute Gasteiger partial charge is 0.245 e. The third-order valence-electron chi connectivity index (χ3n) is 3.46. The van der Waals surface area contributed by atoms with Crippen molar-refractivity contribution in [3.05, 3.63) is 12.7 Å². The lowest BCUT2D eigenvalue weighted by molar-refractivity contribution is -0.126. The summed E-state index contributed by atoms with van der Waals surface area (Å²) in [6.07, 6.45) is 6.72. The molecule has 2 rings (SSSR count). The second kappa shape index (κ2) is 4.83. The Morgan fingerprint density at radius 3 is 2.82 bits per heavy atom. The molecule has 0 bridgehead atoms. The fourth-order valence-corrected chi connectivity index (χ4v) is 2.28. The molecule has 0 radical (unpaired) electrons. The first-order valence-corrected chi connectivity index (χ1v) is 5.94. The van der Waals surface area contributed by atoms with Crippen LogP contribution in [-0.2, 0) is 4.79 Å². The van der Waals surface area contributed by atoms with Gasteiger partial charge in [0.2, 0.25) is 5.91 Å². The minimum atomic E-state index is -0.425. The third kappa shape index (κ3) is 2.46. The van der Waals surface area contributed by atoms with E-state index in [1.165, 1.54) is 17.3 Å². The summed E-state index contributed by atoms with van der Waals surface area (Å²) in [4.78, 5) is 15.9. The largest absolute Gasteiger partial charge is 0.394 e. The molecule has 1 atom stereocenters.